The van der Waals surface area contributed by atoms with Gasteiger partial charge in [0, 0.05) is 26.1 Å². The number of piperidine rings is 1. The third kappa shape index (κ3) is 3.56. The van der Waals surface area contributed by atoms with Gasteiger partial charge in [-0.1, -0.05) is 12.1 Å². The van der Waals surface area contributed by atoms with Crippen molar-refractivity contribution < 1.29 is 14.0 Å². The van der Waals surface area contributed by atoms with Crippen LogP contribution < -0.4 is 5.32 Å². The van der Waals surface area contributed by atoms with Crippen molar-refractivity contribution in [2.45, 2.75) is 26.3 Å². The van der Waals surface area contributed by atoms with E-state index in [9.17, 15) is 14.0 Å². The molecule has 108 valence electrons. The Morgan fingerprint density at radius 2 is 2.30 bits per heavy atom. The lowest BCUT2D eigenvalue weighted by Crippen LogP contribution is -2.44. The summed E-state index contributed by atoms with van der Waals surface area (Å²) in [5.74, 6) is -0.434. The molecule has 4 nitrogen and oxygen atoms in total. The Balaban J connectivity index is 2.00. The quantitative estimate of drug-likeness (QED) is 0.911. The lowest BCUT2D eigenvalue weighted by molar-refractivity contribution is -0.137. The summed E-state index contributed by atoms with van der Waals surface area (Å²) in [5.41, 5.74) is 0.778. The van der Waals surface area contributed by atoms with E-state index in [0.29, 0.717) is 32.5 Å². The minimum atomic E-state index is -0.295. The van der Waals surface area contributed by atoms with Gasteiger partial charge in [0.05, 0.1) is 5.92 Å². The Morgan fingerprint density at radius 1 is 1.50 bits per heavy atom. The van der Waals surface area contributed by atoms with Crippen LogP contribution in [0, 0.1) is 11.7 Å². The predicted molar refractivity (Wildman–Crippen MR) is 73.2 cm³/mol. The number of hydrogen-bond acceptors (Lipinski definition) is 2. The molecule has 1 aromatic carbocycles. The molecule has 1 unspecified atom stereocenters. The van der Waals surface area contributed by atoms with E-state index in [1.54, 1.807) is 11.0 Å². The van der Waals surface area contributed by atoms with Gasteiger partial charge in [-0.25, -0.2) is 4.39 Å². The fourth-order valence-corrected chi connectivity index (χ4v) is 2.40. The lowest BCUT2D eigenvalue weighted by Gasteiger charge is -2.28. The van der Waals surface area contributed by atoms with Crippen molar-refractivity contribution in [3.63, 3.8) is 0 Å². The molecule has 0 aliphatic carbocycles. The summed E-state index contributed by atoms with van der Waals surface area (Å²) >= 11 is 0. The molecular formula is C15H19FN2O2. The average molecular weight is 278 g/mol. The second kappa shape index (κ2) is 6.50. The summed E-state index contributed by atoms with van der Waals surface area (Å²) in [4.78, 5) is 25.2. The van der Waals surface area contributed by atoms with Crippen LogP contribution >= 0.6 is 0 Å². The Labute approximate surface area is 118 Å². The highest BCUT2D eigenvalue weighted by Gasteiger charge is 2.27. The van der Waals surface area contributed by atoms with Crippen molar-refractivity contribution in [2.24, 2.45) is 5.92 Å². The zero-order chi connectivity index (χ0) is 14.5. The molecule has 2 rings (SSSR count). The molecule has 20 heavy (non-hydrogen) atoms. The summed E-state index contributed by atoms with van der Waals surface area (Å²) in [7, 11) is 0. The SMILES string of the molecule is CCN(Cc1cccc(F)c1)C(=O)C1CCC(=O)NC1. The Hall–Kier alpha value is -1.91. The molecule has 1 aromatic rings. The van der Waals surface area contributed by atoms with E-state index >= 15 is 0 Å². The second-order valence-corrected chi connectivity index (χ2v) is 5.02. The first-order chi connectivity index (χ1) is 9.60. The molecule has 1 heterocycles. The van der Waals surface area contributed by atoms with E-state index in [-0.39, 0.29) is 23.5 Å². The first-order valence-corrected chi connectivity index (χ1v) is 6.90. The number of nitrogens with one attached hydrogen (secondary N) is 1. The summed E-state index contributed by atoms with van der Waals surface area (Å²) < 4.78 is 13.2. The van der Waals surface area contributed by atoms with Gasteiger partial charge in [-0.2, -0.15) is 0 Å². The normalized spacial score (nSPS) is 18.5. The summed E-state index contributed by atoms with van der Waals surface area (Å²) in [5, 5.41) is 2.72. The van der Waals surface area contributed by atoms with Gasteiger partial charge in [0.15, 0.2) is 0 Å². The van der Waals surface area contributed by atoms with Crippen LogP contribution in [0.4, 0.5) is 4.39 Å². The van der Waals surface area contributed by atoms with Crippen LogP contribution in [0.1, 0.15) is 25.3 Å². The standard InChI is InChI=1S/C15H19FN2O2/c1-2-18(10-11-4-3-5-13(16)8-11)15(20)12-6-7-14(19)17-9-12/h3-5,8,12H,2,6-7,9-10H2,1H3,(H,17,19). The maximum atomic E-state index is 13.2. The molecule has 0 bridgehead atoms. The van der Waals surface area contributed by atoms with E-state index in [1.165, 1.54) is 12.1 Å². The van der Waals surface area contributed by atoms with Crippen LogP contribution in [-0.2, 0) is 16.1 Å². The molecule has 0 saturated carbocycles. The predicted octanol–water partition coefficient (Wildman–Crippen LogP) is 1.70. The number of carbonyl (C=O) groups excluding carboxylic acids is 2. The van der Waals surface area contributed by atoms with Crippen LogP contribution in [0.25, 0.3) is 0 Å². The van der Waals surface area contributed by atoms with E-state index < -0.39 is 0 Å². The monoisotopic (exact) mass is 278 g/mol. The largest absolute Gasteiger partial charge is 0.355 e. The third-order valence-corrected chi connectivity index (χ3v) is 3.57. The Kier molecular flexibility index (Phi) is 4.71. The molecule has 1 N–H and O–H groups in total. The number of nitrogens with zero attached hydrogens (tertiary/aromatic N) is 1. The van der Waals surface area contributed by atoms with Gasteiger partial charge in [-0.05, 0) is 31.0 Å². The van der Waals surface area contributed by atoms with Crippen molar-refractivity contribution in [3.05, 3.63) is 35.6 Å². The molecule has 1 aliphatic rings. The lowest BCUT2D eigenvalue weighted by atomic mass is 9.97. The Bertz CT molecular complexity index is 494. The topological polar surface area (TPSA) is 49.4 Å². The van der Waals surface area contributed by atoms with Gasteiger partial charge in [0.2, 0.25) is 11.8 Å². The molecule has 1 atom stereocenters. The van der Waals surface area contributed by atoms with Crippen LogP contribution in [0.2, 0.25) is 0 Å². The zero-order valence-electron chi connectivity index (χ0n) is 11.6. The molecule has 1 saturated heterocycles. The zero-order valence-corrected chi connectivity index (χ0v) is 11.6. The van der Waals surface area contributed by atoms with Crippen molar-refractivity contribution in [1.82, 2.24) is 10.2 Å². The molecule has 2 amide bonds. The molecule has 0 spiro atoms. The maximum absolute atomic E-state index is 13.2. The highest BCUT2D eigenvalue weighted by Crippen LogP contribution is 2.16. The number of benzene rings is 1. The van der Waals surface area contributed by atoms with Gasteiger partial charge in [-0.15, -0.1) is 0 Å². The highest BCUT2D eigenvalue weighted by molar-refractivity contribution is 5.83. The van der Waals surface area contributed by atoms with Crippen LogP contribution in [-0.4, -0.2) is 29.8 Å². The van der Waals surface area contributed by atoms with E-state index in [4.69, 9.17) is 0 Å². The fourth-order valence-electron chi connectivity index (χ4n) is 2.40. The number of carbonyl (C=O) groups is 2. The highest BCUT2D eigenvalue weighted by atomic mass is 19.1. The summed E-state index contributed by atoms with van der Waals surface area (Å²) in [6.07, 6.45) is 0.984. The van der Waals surface area contributed by atoms with Crippen molar-refractivity contribution in [1.29, 1.82) is 0 Å². The van der Waals surface area contributed by atoms with Gasteiger partial charge >= 0.3 is 0 Å². The van der Waals surface area contributed by atoms with Crippen LogP contribution in [0.3, 0.4) is 0 Å². The van der Waals surface area contributed by atoms with Crippen molar-refractivity contribution in [2.75, 3.05) is 13.1 Å². The molecule has 1 aliphatic heterocycles. The van der Waals surface area contributed by atoms with E-state index in [0.717, 1.165) is 5.56 Å². The number of rotatable bonds is 4. The third-order valence-electron chi connectivity index (χ3n) is 3.57. The average Bonchev–Trinajstić information content (AvgIpc) is 2.45. The van der Waals surface area contributed by atoms with E-state index in [1.807, 2.05) is 13.0 Å². The maximum Gasteiger partial charge on any atom is 0.227 e. The van der Waals surface area contributed by atoms with Gasteiger partial charge in [0.25, 0.3) is 0 Å². The van der Waals surface area contributed by atoms with Gasteiger partial charge in [-0.3, -0.25) is 9.59 Å². The van der Waals surface area contributed by atoms with Gasteiger partial charge in [0.1, 0.15) is 5.82 Å². The first kappa shape index (κ1) is 14.5. The number of amides is 2. The van der Waals surface area contributed by atoms with Gasteiger partial charge < -0.3 is 10.2 Å². The second-order valence-electron chi connectivity index (χ2n) is 5.02. The van der Waals surface area contributed by atoms with Crippen molar-refractivity contribution >= 4 is 11.8 Å². The molecule has 0 aromatic heterocycles. The number of hydrogen-bond donors (Lipinski definition) is 1. The van der Waals surface area contributed by atoms with Crippen molar-refractivity contribution in [3.8, 4) is 0 Å². The summed E-state index contributed by atoms with van der Waals surface area (Å²) in [6.45, 7) is 3.27. The molecular weight excluding hydrogens is 259 g/mol. The minimum absolute atomic E-state index is 0.00206. The molecule has 5 heteroatoms. The first-order valence-electron chi connectivity index (χ1n) is 6.90. The molecule has 1 fully saturated rings. The minimum Gasteiger partial charge on any atom is -0.355 e. The smallest absolute Gasteiger partial charge is 0.227 e. The van der Waals surface area contributed by atoms with Crippen LogP contribution in [0.15, 0.2) is 24.3 Å². The van der Waals surface area contributed by atoms with E-state index in [2.05, 4.69) is 5.32 Å². The number of halogens is 1. The summed E-state index contributed by atoms with van der Waals surface area (Å²) in [6, 6.07) is 6.28. The fraction of sp³-hybridized carbons (Fsp3) is 0.467. The van der Waals surface area contributed by atoms with Crippen LogP contribution in [0.5, 0.6) is 0 Å². The Morgan fingerprint density at radius 3 is 2.90 bits per heavy atom. The molecule has 0 radical (unpaired) electrons.